The van der Waals surface area contributed by atoms with Crippen molar-refractivity contribution in [3.05, 3.63) is 12.7 Å². The molecular formula is C20H39BrN2O. The SMILES string of the molecule is C=CC(=O)N1CC[N+](C)(CCCCCCCCCCCC)CC1.[Br-]. The van der Waals surface area contributed by atoms with E-state index in [2.05, 4.69) is 20.6 Å². The fourth-order valence-corrected chi connectivity index (χ4v) is 3.50. The van der Waals surface area contributed by atoms with Crippen molar-refractivity contribution >= 4 is 5.91 Å². The first kappa shape index (κ1) is 23.6. The fraction of sp³-hybridized carbons (Fsp3) is 0.850. The monoisotopic (exact) mass is 402 g/mol. The van der Waals surface area contributed by atoms with Crippen molar-refractivity contribution in [2.24, 2.45) is 0 Å². The zero-order valence-corrected chi connectivity index (χ0v) is 17.7. The number of carbonyl (C=O) groups excluding carboxylic acids is 1. The number of quaternary nitrogens is 1. The van der Waals surface area contributed by atoms with Gasteiger partial charge in [0.05, 0.1) is 39.8 Å². The van der Waals surface area contributed by atoms with Crippen LogP contribution in [0.5, 0.6) is 0 Å². The smallest absolute Gasteiger partial charge is 0.246 e. The average Bonchev–Trinajstić information content (AvgIpc) is 2.56. The average molecular weight is 403 g/mol. The maximum atomic E-state index is 11.6. The van der Waals surface area contributed by atoms with Crippen molar-refractivity contribution in [3.8, 4) is 0 Å². The standard InChI is InChI=1S/C20H39N2O.BrH/c1-4-6-7-8-9-10-11-12-13-14-17-22(3)18-15-21(16-19-22)20(23)5-2;/h5H,2,4,6-19H2,1,3H3;1H/q+1;/p-1. The third-order valence-electron chi connectivity index (χ3n) is 5.36. The van der Waals surface area contributed by atoms with Gasteiger partial charge in [-0.3, -0.25) is 4.79 Å². The van der Waals surface area contributed by atoms with Crippen LogP contribution in [0.25, 0.3) is 0 Å². The van der Waals surface area contributed by atoms with Gasteiger partial charge in [0.2, 0.25) is 5.91 Å². The van der Waals surface area contributed by atoms with Gasteiger partial charge < -0.3 is 26.4 Å². The Kier molecular flexibility index (Phi) is 13.7. The second-order valence-corrected chi connectivity index (χ2v) is 7.50. The Labute approximate surface area is 160 Å². The molecule has 1 amide bonds. The first-order valence-corrected chi connectivity index (χ1v) is 9.86. The summed E-state index contributed by atoms with van der Waals surface area (Å²) in [4.78, 5) is 13.6. The lowest BCUT2D eigenvalue weighted by Gasteiger charge is -2.42. The van der Waals surface area contributed by atoms with Gasteiger partial charge in [-0.05, 0) is 18.9 Å². The number of halogens is 1. The van der Waals surface area contributed by atoms with Gasteiger partial charge in [0, 0.05) is 0 Å². The molecule has 0 aromatic heterocycles. The molecule has 142 valence electrons. The number of nitrogens with zero attached hydrogens (tertiary/aromatic N) is 2. The number of amides is 1. The van der Waals surface area contributed by atoms with E-state index in [1.54, 1.807) is 0 Å². The number of rotatable bonds is 12. The highest BCUT2D eigenvalue weighted by molar-refractivity contribution is 5.87. The van der Waals surface area contributed by atoms with Gasteiger partial charge in [0.15, 0.2) is 0 Å². The molecule has 0 aliphatic carbocycles. The van der Waals surface area contributed by atoms with Crippen molar-refractivity contribution in [2.45, 2.75) is 71.1 Å². The lowest BCUT2D eigenvalue weighted by molar-refractivity contribution is -0.913. The van der Waals surface area contributed by atoms with Crippen LogP contribution in [0, 0.1) is 0 Å². The molecular weight excluding hydrogens is 364 g/mol. The van der Waals surface area contributed by atoms with Crippen molar-refractivity contribution < 1.29 is 26.3 Å². The van der Waals surface area contributed by atoms with E-state index in [4.69, 9.17) is 0 Å². The van der Waals surface area contributed by atoms with E-state index in [9.17, 15) is 4.79 Å². The minimum Gasteiger partial charge on any atom is -1.00 e. The van der Waals surface area contributed by atoms with E-state index in [1.807, 2.05) is 4.90 Å². The Morgan fingerprint density at radius 1 is 0.958 bits per heavy atom. The van der Waals surface area contributed by atoms with Gasteiger partial charge in [-0.25, -0.2) is 0 Å². The minimum atomic E-state index is 0. The highest BCUT2D eigenvalue weighted by atomic mass is 79.9. The molecule has 0 saturated carbocycles. The second kappa shape index (κ2) is 13.9. The van der Waals surface area contributed by atoms with Crippen LogP contribution < -0.4 is 17.0 Å². The molecule has 0 radical (unpaired) electrons. The second-order valence-electron chi connectivity index (χ2n) is 7.50. The van der Waals surface area contributed by atoms with Crippen LogP contribution in [0.15, 0.2) is 12.7 Å². The zero-order valence-electron chi connectivity index (χ0n) is 16.1. The van der Waals surface area contributed by atoms with Crippen LogP contribution in [0.2, 0.25) is 0 Å². The molecule has 24 heavy (non-hydrogen) atoms. The molecule has 0 bridgehead atoms. The molecule has 4 heteroatoms. The van der Waals surface area contributed by atoms with E-state index in [0.717, 1.165) is 30.7 Å². The van der Waals surface area contributed by atoms with Crippen molar-refractivity contribution in [1.29, 1.82) is 0 Å². The van der Waals surface area contributed by atoms with Crippen LogP contribution in [0.3, 0.4) is 0 Å². The first-order chi connectivity index (χ1) is 11.1. The molecule has 0 aromatic carbocycles. The molecule has 1 aliphatic heterocycles. The molecule has 1 rings (SSSR count). The molecule has 3 nitrogen and oxygen atoms in total. The molecule has 0 unspecified atom stereocenters. The van der Waals surface area contributed by atoms with E-state index in [-0.39, 0.29) is 22.9 Å². The van der Waals surface area contributed by atoms with Gasteiger partial charge in [-0.15, -0.1) is 0 Å². The zero-order chi connectivity index (χ0) is 17.0. The Balaban J connectivity index is 0.00000529. The highest BCUT2D eigenvalue weighted by Gasteiger charge is 2.29. The van der Waals surface area contributed by atoms with E-state index in [0.29, 0.717) is 0 Å². The fourth-order valence-electron chi connectivity index (χ4n) is 3.50. The Morgan fingerprint density at radius 3 is 1.88 bits per heavy atom. The van der Waals surface area contributed by atoms with Gasteiger partial charge in [0.1, 0.15) is 0 Å². The van der Waals surface area contributed by atoms with Gasteiger partial charge >= 0.3 is 0 Å². The van der Waals surface area contributed by atoms with Crippen molar-refractivity contribution in [2.75, 3.05) is 39.8 Å². The number of hydrogen-bond donors (Lipinski definition) is 0. The summed E-state index contributed by atoms with van der Waals surface area (Å²) in [6, 6.07) is 0. The molecule has 0 spiro atoms. The van der Waals surface area contributed by atoms with E-state index in [1.165, 1.54) is 76.8 Å². The third kappa shape index (κ3) is 9.83. The van der Waals surface area contributed by atoms with Crippen molar-refractivity contribution in [3.63, 3.8) is 0 Å². The summed E-state index contributed by atoms with van der Waals surface area (Å²) in [6.45, 7) is 11.1. The number of likely N-dealkylation sites (N-methyl/N-ethyl adjacent to an activating group) is 1. The summed E-state index contributed by atoms with van der Waals surface area (Å²) in [5.41, 5.74) is 0. The predicted molar refractivity (Wildman–Crippen MR) is 99.4 cm³/mol. The van der Waals surface area contributed by atoms with Crippen LogP contribution in [-0.2, 0) is 4.79 Å². The normalized spacial score (nSPS) is 16.5. The minimum absolute atomic E-state index is 0. The maximum absolute atomic E-state index is 11.6. The highest BCUT2D eigenvalue weighted by Crippen LogP contribution is 2.15. The summed E-state index contributed by atoms with van der Waals surface area (Å²) in [5.74, 6) is 0.0928. The summed E-state index contributed by atoms with van der Waals surface area (Å²) in [6.07, 6.45) is 15.4. The van der Waals surface area contributed by atoms with Crippen LogP contribution >= 0.6 is 0 Å². The Hall–Kier alpha value is -0.350. The maximum Gasteiger partial charge on any atom is 0.246 e. The van der Waals surface area contributed by atoms with E-state index >= 15 is 0 Å². The molecule has 1 aliphatic rings. The summed E-state index contributed by atoms with van der Waals surface area (Å²) in [7, 11) is 2.35. The van der Waals surface area contributed by atoms with Crippen LogP contribution in [0.4, 0.5) is 0 Å². The van der Waals surface area contributed by atoms with Gasteiger partial charge in [0.25, 0.3) is 0 Å². The number of unbranched alkanes of at least 4 members (excludes halogenated alkanes) is 9. The van der Waals surface area contributed by atoms with Crippen molar-refractivity contribution in [1.82, 2.24) is 4.90 Å². The number of hydrogen-bond acceptors (Lipinski definition) is 1. The molecule has 1 saturated heterocycles. The predicted octanol–water partition coefficient (Wildman–Crippen LogP) is 1.39. The van der Waals surface area contributed by atoms with Gasteiger partial charge in [-0.1, -0.05) is 64.9 Å². The third-order valence-corrected chi connectivity index (χ3v) is 5.36. The Morgan fingerprint density at radius 2 is 1.42 bits per heavy atom. The lowest BCUT2D eigenvalue weighted by Crippen LogP contribution is -3.00. The largest absolute Gasteiger partial charge is 1.00 e. The number of piperazine rings is 1. The number of carbonyl (C=O) groups is 1. The summed E-state index contributed by atoms with van der Waals surface area (Å²) in [5, 5.41) is 0. The van der Waals surface area contributed by atoms with E-state index < -0.39 is 0 Å². The topological polar surface area (TPSA) is 20.3 Å². The molecule has 0 aromatic rings. The lowest BCUT2D eigenvalue weighted by atomic mass is 10.1. The molecule has 0 N–H and O–H groups in total. The molecule has 0 atom stereocenters. The first-order valence-electron chi connectivity index (χ1n) is 9.86. The molecule has 1 fully saturated rings. The van der Waals surface area contributed by atoms with Crippen LogP contribution in [0.1, 0.15) is 71.1 Å². The molecule has 1 heterocycles. The Bertz CT molecular complexity index is 339. The van der Waals surface area contributed by atoms with Crippen LogP contribution in [-0.4, -0.2) is 55.1 Å². The summed E-state index contributed by atoms with van der Waals surface area (Å²) < 4.78 is 1.14. The quantitative estimate of drug-likeness (QED) is 0.274. The summed E-state index contributed by atoms with van der Waals surface area (Å²) >= 11 is 0. The van der Waals surface area contributed by atoms with Gasteiger partial charge in [-0.2, -0.15) is 0 Å².